The van der Waals surface area contributed by atoms with E-state index < -0.39 is 0 Å². The minimum absolute atomic E-state index is 0.0581. The second-order valence-corrected chi connectivity index (χ2v) is 7.60. The average molecular weight is 402 g/mol. The van der Waals surface area contributed by atoms with Crippen molar-refractivity contribution >= 4 is 17.5 Å². The summed E-state index contributed by atoms with van der Waals surface area (Å²) in [5.41, 5.74) is 5.21. The number of carbonyl (C=O) groups is 1. The first-order valence-corrected chi connectivity index (χ1v) is 10.4. The van der Waals surface area contributed by atoms with Gasteiger partial charge in [-0.15, -0.1) is 10.2 Å². The van der Waals surface area contributed by atoms with E-state index in [1.165, 1.54) is 5.56 Å². The minimum atomic E-state index is -0.0581. The predicted molar refractivity (Wildman–Crippen MR) is 121 cm³/mol. The van der Waals surface area contributed by atoms with Crippen molar-refractivity contribution in [2.24, 2.45) is 0 Å². The summed E-state index contributed by atoms with van der Waals surface area (Å²) in [4.78, 5) is 16.6. The zero-order valence-electron chi connectivity index (χ0n) is 17.5. The summed E-state index contributed by atoms with van der Waals surface area (Å²) >= 11 is 0. The van der Waals surface area contributed by atoms with Crippen LogP contribution in [0.1, 0.15) is 18.1 Å². The summed E-state index contributed by atoms with van der Waals surface area (Å²) in [6.45, 7) is 6.94. The van der Waals surface area contributed by atoms with Gasteiger partial charge in [-0.3, -0.25) is 0 Å². The van der Waals surface area contributed by atoms with Crippen LogP contribution < -0.4 is 10.2 Å². The molecule has 6 heteroatoms. The maximum Gasteiger partial charge on any atom is 0.321 e. The number of hydrogen-bond acceptors (Lipinski definition) is 4. The maximum atomic E-state index is 12.5. The van der Waals surface area contributed by atoms with Crippen LogP contribution in [0.15, 0.2) is 60.7 Å². The van der Waals surface area contributed by atoms with E-state index in [0.29, 0.717) is 13.1 Å². The Balaban J connectivity index is 1.34. The molecule has 1 aliphatic rings. The SMILES string of the molecule is CCc1ccc(-c2ccc(N3CCN(C(=O)Nc4cccc(C)c4)CC3)nn2)cc1. The molecule has 0 bridgehead atoms. The van der Waals surface area contributed by atoms with Gasteiger partial charge in [0.2, 0.25) is 0 Å². The Hall–Kier alpha value is -3.41. The van der Waals surface area contributed by atoms with E-state index >= 15 is 0 Å². The van der Waals surface area contributed by atoms with Crippen LogP contribution in [-0.4, -0.2) is 47.3 Å². The Morgan fingerprint density at radius 2 is 1.73 bits per heavy atom. The zero-order valence-corrected chi connectivity index (χ0v) is 17.5. The molecule has 2 aromatic carbocycles. The molecule has 1 aromatic heterocycles. The Morgan fingerprint density at radius 3 is 2.37 bits per heavy atom. The number of aromatic nitrogens is 2. The first kappa shape index (κ1) is 19.9. The highest BCUT2D eigenvalue weighted by atomic mass is 16.2. The van der Waals surface area contributed by atoms with Crippen LogP contribution in [0.5, 0.6) is 0 Å². The predicted octanol–water partition coefficient (Wildman–Crippen LogP) is 4.37. The number of hydrogen-bond donors (Lipinski definition) is 1. The fourth-order valence-electron chi connectivity index (χ4n) is 3.62. The highest BCUT2D eigenvalue weighted by molar-refractivity contribution is 5.89. The normalized spacial score (nSPS) is 13.9. The monoisotopic (exact) mass is 401 g/mol. The van der Waals surface area contributed by atoms with E-state index in [2.05, 4.69) is 51.6 Å². The van der Waals surface area contributed by atoms with Crippen LogP contribution in [0.25, 0.3) is 11.3 Å². The lowest BCUT2D eigenvalue weighted by Crippen LogP contribution is -2.50. The van der Waals surface area contributed by atoms with E-state index in [-0.39, 0.29) is 6.03 Å². The third kappa shape index (κ3) is 4.59. The highest BCUT2D eigenvalue weighted by Crippen LogP contribution is 2.20. The lowest BCUT2D eigenvalue weighted by atomic mass is 10.1. The molecule has 1 N–H and O–H groups in total. The van der Waals surface area contributed by atoms with Crippen molar-refractivity contribution < 1.29 is 4.79 Å². The van der Waals surface area contributed by atoms with Gasteiger partial charge in [-0.05, 0) is 48.7 Å². The summed E-state index contributed by atoms with van der Waals surface area (Å²) < 4.78 is 0. The number of rotatable bonds is 4. The number of anilines is 2. The van der Waals surface area contributed by atoms with Gasteiger partial charge in [0, 0.05) is 37.4 Å². The molecule has 0 aliphatic carbocycles. The van der Waals surface area contributed by atoms with Crippen LogP contribution in [0.3, 0.4) is 0 Å². The second-order valence-electron chi connectivity index (χ2n) is 7.60. The number of nitrogens with zero attached hydrogens (tertiary/aromatic N) is 4. The number of nitrogens with one attached hydrogen (secondary N) is 1. The molecule has 1 saturated heterocycles. The lowest BCUT2D eigenvalue weighted by molar-refractivity contribution is 0.208. The Bertz CT molecular complexity index is 993. The minimum Gasteiger partial charge on any atom is -0.352 e. The van der Waals surface area contributed by atoms with Crippen LogP contribution in [-0.2, 0) is 6.42 Å². The Labute approximate surface area is 177 Å². The van der Waals surface area contributed by atoms with Gasteiger partial charge in [0.25, 0.3) is 0 Å². The van der Waals surface area contributed by atoms with Crippen LogP contribution in [0.4, 0.5) is 16.3 Å². The molecule has 0 spiro atoms. The molecule has 30 heavy (non-hydrogen) atoms. The molecule has 2 amide bonds. The molecule has 0 radical (unpaired) electrons. The first-order chi connectivity index (χ1) is 14.6. The van der Waals surface area contributed by atoms with Crippen LogP contribution >= 0.6 is 0 Å². The summed E-state index contributed by atoms with van der Waals surface area (Å²) in [7, 11) is 0. The summed E-state index contributed by atoms with van der Waals surface area (Å²) in [5, 5.41) is 11.8. The van der Waals surface area contributed by atoms with Gasteiger partial charge in [-0.2, -0.15) is 0 Å². The van der Waals surface area contributed by atoms with Crippen molar-refractivity contribution in [1.82, 2.24) is 15.1 Å². The molecule has 3 aromatic rings. The second kappa shape index (κ2) is 8.95. The first-order valence-electron chi connectivity index (χ1n) is 10.4. The Kier molecular flexibility index (Phi) is 5.93. The van der Waals surface area contributed by atoms with Crippen LogP contribution in [0, 0.1) is 6.92 Å². The van der Waals surface area contributed by atoms with Crippen molar-refractivity contribution in [3.63, 3.8) is 0 Å². The van der Waals surface area contributed by atoms with Gasteiger partial charge in [0.05, 0.1) is 5.69 Å². The molecule has 4 rings (SSSR count). The third-order valence-corrected chi connectivity index (χ3v) is 5.47. The maximum absolute atomic E-state index is 12.5. The largest absolute Gasteiger partial charge is 0.352 e. The van der Waals surface area contributed by atoms with Crippen molar-refractivity contribution in [3.8, 4) is 11.3 Å². The molecule has 1 fully saturated rings. The highest BCUT2D eigenvalue weighted by Gasteiger charge is 2.22. The average Bonchev–Trinajstić information content (AvgIpc) is 2.79. The standard InChI is InChI=1S/C24H27N5O/c1-3-19-7-9-20(10-8-19)22-11-12-23(27-26-22)28-13-15-29(16-14-28)24(30)25-21-6-4-5-18(2)17-21/h4-12,17H,3,13-16H2,1-2H3,(H,25,30). The number of aryl methyl sites for hydroxylation is 2. The number of urea groups is 1. The summed E-state index contributed by atoms with van der Waals surface area (Å²) in [5.74, 6) is 0.850. The fourth-order valence-corrected chi connectivity index (χ4v) is 3.62. The van der Waals surface area contributed by atoms with Gasteiger partial charge in [-0.1, -0.05) is 43.3 Å². The topological polar surface area (TPSA) is 61.4 Å². The van der Waals surface area contributed by atoms with Crippen LogP contribution in [0.2, 0.25) is 0 Å². The van der Waals surface area contributed by atoms with Crippen molar-refractivity contribution in [1.29, 1.82) is 0 Å². The van der Waals surface area contributed by atoms with E-state index in [1.807, 2.05) is 48.2 Å². The molecule has 6 nitrogen and oxygen atoms in total. The fraction of sp³-hybridized carbons (Fsp3) is 0.292. The van der Waals surface area contributed by atoms with Gasteiger partial charge in [-0.25, -0.2) is 4.79 Å². The molecule has 1 aliphatic heterocycles. The molecule has 0 atom stereocenters. The lowest BCUT2D eigenvalue weighted by Gasteiger charge is -2.35. The number of carbonyl (C=O) groups excluding carboxylic acids is 1. The van der Waals surface area contributed by atoms with E-state index in [4.69, 9.17) is 0 Å². The van der Waals surface area contributed by atoms with Gasteiger partial charge < -0.3 is 15.1 Å². The quantitative estimate of drug-likeness (QED) is 0.705. The smallest absolute Gasteiger partial charge is 0.321 e. The molecular weight excluding hydrogens is 374 g/mol. The molecule has 2 heterocycles. The van der Waals surface area contributed by atoms with Crippen molar-refractivity contribution in [3.05, 3.63) is 71.8 Å². The molecule has 0 unspecified atom stereocenters. The van der Waals surface area contributed by atoms with Crippen molar-refractivity contribution in [2.45, 2.75) is 20.3 Å². The molecule has 0 saturated carbocycles. The Morgan fingerprint density at radius 1 is 0.967 bits per heavy atom. The zero-order chi connectivity index (χ0) is 20.9. The number of piperazine rings is 1. The third-order valence-electron chi connectivity index (χ3n) is 5.47. The number of amides is 2. The molecule has 154 valence electrons. The summed E-state index contributed by atoms with van der Waals surface area (Å²) in [6, 6.07) is 20.3. The van der Waals surface area contributed by atoms with E-state index in [1.54, 1.807) is 0 Å². The van der Waals surface area contributed by atoms with Gasteiger partial charge in [0.15, 0.2) is 5.82 Å². The van der Waals surface area contributed by atoms with Gasteiger partial charge in [0.1, 0.15) is 0 Å². The summed E-state index contributed by atoms with van der Waals surface area (Å²) in [6.07, 6.45) is 1.03. The van der Waals surface area contributed by atoms with Gasteiger partial charge >= 0.3 is 6.03 Å². The number of benzene rings is 2. The van der Waals surface area contributed by atoms with E-state index in [0.717, 1.165) is 47.8 Å². The van der Waals surface area contributed by atoms with E-state index in [9.17, 15) is 4.79 Å². The molecular formula is C24H27N5O. The van der Waals surface area contributed by atoms with Crippen molar-refractivity contribution in [2.75, 3.05) is 36.4 Å².